The lowest BCUT2D eigenvalue weighted by atomic mass is 10.2. The number of benzene rings is 2. The molecule has 24 heavy (non-hydrogen) atoms. The highest BCUT2D eigenvalue weighted by Crippen LogP contribution is 2.24. The molecule has 0 atom stereocenters. The number of nitrogens with one attached hydrogen (secondary N) is 2. The second-order valence-electron chi connectivity index (χ2n) is 5.16. The molecular weight excluding hydrogens is 327 g/mol. The van der Waals surface area contributed by atoms with Crippen molar-refractivity contribution in [2.24, 2.45) is 0 Å². The highest BCUT2D eigenvalue weighted by Gasteiger charge is 2.10. The minimum Gasteiger partial charge on any atom is -0.487 e. The molecule has 0 bridgehead atoms. The number of amides is 1. The normalized spacial score (nSPS) is 9.92. The number of halogens is 1. The van der Waals surface area contributed by atoms with Crippen molar-refractivity contribution in [2.45, 2.75) is 6.92 Å². The maximum atomic E-state index is 12.9. The van der Waals surface area contributed by atoms with Crippen molar-refractivity contribution in [3.63, 3.8) is 0 Å². The highest BCUT2D eigenvalue weighted by atomic mass is 32.1. The van der Waals surface area contributed by atoms with E-state index < -0.39 is 11.7 Å². The van der Waals surface area contributed by atoms with E-state index >= 15 is 0 Å². The molecule has 4 nitrogen and oxygen atoms in total. The number of carbonyl (C=O) groups excluding carboxylic acids is 1. The molecule has 0 fully saturated rings. The molecule has 0 radical (unpaired) electrons. The minimum atomic E-state index is -0.423. The van der Waals surface area contributed by atoms with Crippen LogP contribution in [0.1, 0.15) is 17.3 Å². The third-order valence-corrected chi connectivity index (χ3v) is 3.15. The summed E-state index contributed by atoms with van der Waals surface area (Å²) in [6, 6.07) is 12.4. The van der Waals surface area contributed by atoms with Crippen molar-refractivity contribution in [3.05, 3.63) is 72.1 Å². The van der Waals surface area contributed by atoms with Crippen LogP contribution in [0, 0.1) is 5.82 Å². The van der Waals surface area contributed by atoms with Crippen molar-refractivity contribution >= 4 is 28.9 Å². The average Bonchev–Trinajstić information content (AvgIpc) is 2.54. The van der Waals surface area contributed by atoms with E-state index in [0.717, 1.165) is 5.57 Å². The highest BCUT2D eigenvalue weighted by molar-refractivity contribution is 7.80. The van der Waals surface area contributed by atoms with Crippen LogP contribution in [0.15, 0.2) is 60.7 Å². The van der Waals surface area contributed by atoms with E-state index in [2.05, 4.69) is 17.2 Å². The standard InChI is InChI=1S/C18H17FN2O2S/c1-12(2)11-23-16-6-4-3-5-15(16)20-18(24)21-17(22)13-7-9-14(19)10-8-13/h3-10H,1,11H2,2H3,(H2,20,21,22,24). The zero-order chi connectivity index (χ0) is 17.5. The van der Waals surface area contributed by atoms with Gasteiger partial charge in [-0.25, -0.2) is 4.39 Å². The molecule has 0 spiro atoms. The molecule has 6 heteroatoms. The largest absolute Gasteiger partial charge is 0.487 e. The number of para-hydroxylation sites is 2. The molecule has 0 saturated heterocycles. The third-order valence-electron chi connectivity index (χ3n) is 2.94. The molecular formula is C18H17FN2O2S. The summed E-state index contributed by atoms with van der Waals surface area (Å²) in [5.41, 5.74) is 1.83. The summed E-state index contributed by atoms with van der Waals surface area (Å²) in [5, 5.41) is 5.58. The number of rotatable bonds is 5. The van der Waals surface area contributed by atoms with Crippen LogP contribution in [-0.4, -0.2) is 17.6 Å². The fraction of sp³-hybridized carbons (Fsp3) is 0.111. The Hall–Kier alpha value is -2.73. The molecule has 1 amide bonds. The van der Waals surface area contributed by atoms with E-state index in [1.54, 1.807) is 12.1 Å². The maximum absolute atomic E-state index is 12.9. The summed E-state index contributed by atoms with van der Waals surface area (Å²) in [5.74, 6) is -0.234. The van der Waals surface area contributed by atoms with E-state index in [4.69, 9.17) is 17.0 Å². The van der Waals surface area contributed by atoms with Gasteiger partial charge in [-0.2, -0.15) is 0 Å². The Balaban J connectivity index is 2.00. The van der Waals surface area contributed by atoms with Crippen LogP contribution in [0.2, 0.25) is 0 Å². The first-order chi connectivity index (χ1) is 11.5. The van der Waals surface area contributed by atoms with Gasteiger partial charge in [-0.15, -0.1) is 0 Å². The predicted octanol–water partition coefficient (Wildman–Crippen LogP) is 3.91. The molecule has 0 aliphatic heterocycles. The van der Waals surface area contributed by atoms with Gasteiger partial charge in [0.25, 0.3) is 5.91 Å². The first kappa shape index (κ1) is 17.6. The molecule has 0 aromatic heterocycles. The number of thiocarbonyl (C=S) groups is 1. The van der Waals surface area contributed by atoms with Crippen LogP contribution in [0.25, 0.3) is 0 Å². The Morgan fingerprint density at radius 1 is 1.21 bits per heavy atom. The Morgan fingerprint density at radius 3 is 2.54 bits per heavy atom. The molecule has 0 saturated carbocycles. The van der Waals surface area contributed by atoms with Gasteiger partial charge < -0.3 is 10.1 Å². The van der Waals surface area contributed by atoms with E-state index in [-0.39, 0.29) is 5.11 Å². The van der Waals surface area contributed by atoms with E-state index in [0.29, 0.717) is 23.6 Å². The van der Waals surface area contributed by atoms with Gasteiger partial charge in [-0.1, -0.05) is 18.7 Å². The molecule has 2 aromatic rings. The summed E-state index contributed by atoms with van der Waals surface area (Å²) in [7, 11) is 0. The molecule has 2 aromatic carbocycles. The smallest absolute Gasteiger partial charge is 0.257 e. The van der Waals surface area contributed by atoms with Crippen molar-refractivity contribution in [3.8, 4) is 5.75 Å². The van der Waals surface area contributed by atoms with Crippen LogP contribution in [0.4, 0.5) is 10.1 Å². The first-order valence-corrected chi connectivity index (χ1v) is 7.60. The molecule has 2 rings (SSSR count). The van der Waals surface area contributed by atoms with E-state index in [9.17, 15) is 9.18 Å². The lowest BCUT2D eigenvalue weighted by Crippen LogP contribution is -2.34. The Labute approximate surface area is 145 Å². The number of hydrogen-bond acceptors (Lipinski definition) is 3. The molecule has 0 heterocycles. The van der Waals surface area contributed by atoms with Gasteiger partial charge in [-0.3, -0.25) is 10.1 Å². The fourth-order valence-electron chi connectivity index (χ4n) is 1.83. The summed E-state index contributed by atoms with van der Waals surface area (Å²) in [4.78, 5) is 12.1. The van der Waals surface area contributed by atoms with Crippen molar-refractivity contribution in [1.82, 2.24) is 5.32 Å². The SMILES string of the molecule is C=C(C)COc1ccccc1NC(=S)NC(=O)c1ccc(F)cc1. The molecule has 2 N–H and O–H groups in total. The van der Waals surface area contributed by atoms with Gasteiger partial charge in [0.2, 0.25) is 0 Å². The van der Waals surface area contributed by atoms with Crippen molar-refractivity contribution < 1.29 is 13.9 Å². The maximum Gasteiger partial charge on any atom is 0.257 e. The average molecular weight is 344 g/mol. The summed E-state index contributed by atoms with van der Waals surface area (Å²) in [6.07, 6.45) is 0. The van der Waals surface area contributed by atoms with Crippen LogP contribution in [0.3, 0.4) is 0 Å². The monoisotopic (exact) mass is 344 g/mol. The minimum absolute atomic E-state index is 0.121. The lowest BCUT2D eigenvalue weighted by molar-refractivity contribution is 0.0977. The topological polar surface area (TPSA) is 50.4 Å². The second-order valence-corrected chi connectivity index (χ2v) is 5.57. The van der Waals surface area contributed by atoms with Gasteiger partial charge in [-0.05, 0) is 61.1 Å². The van der Waals surface area contributed by atoms with Gasteiger partial charge in [0.15, 0.2) is 5.11 Å². The van der Waals surface area contributed by atoms with Crippen molar-refractivity contribution in [2.75, 3.05) is 11.9 Å². The zero-order valence-corrected chi connectivity index (χ0v) is 14.0. The zero-order valence-electron chi connectivity index (χ0n) is 13.1. The van der Waals surface area contributed by atoms with E-state index in [1.807, 2.05) is 19.1 Å². The Kier molecular flexibility index (Phi) is 6.03. The van der Waals surface area contributed by atoms with Gasteiger partial charge >= 0.3 is 0 Å². The van der Waals surface area contributed by atoms with Crippen molar-refractivity contribution in [1.29, 1.82) is 0 Å². The number of carbonyl (C=O) groups is 1. The van der Waals surface area contributed by atoms with E-state index in [1.165, 1.54) is 24.3 Å². The van der Waals surface area contributed by atoms with Gasteiger partial charge in [0.05, 0.1) is 5.69 Å². The van der Waals surface area contributed by atoms with Gasteiger partial charge in [0.1, 0.15) is 18.2 Å². The quantitative estimate of drug-likeness (QED) is 0.638. The number of hydrogen-bond donors (Lipinski definition) is 2. The van der Waals surface area contributed by atoms with Crippen LogP contribution < -0.4 is 15.4 Å². The fourth-order valence-corrected chi connectivity index (χ4v) is 2.03. The second kappa shape index (κ2) is 8.21. The lowest BCUT2D eigenvalue weighted by Gasteiger charge is -2.14. The summed E-state index contributed by atoms with van der Waals surface area (Å²) >= 11 is 5.14. The van der Waals surface area contributed by atoms with Gasteiger partial charge in [0, 0.05) is 5.56 Å². The molecule has 124 valence electrons. The Morgan fingerprint density at radius 2 is 1.88 bits per heavy atom. The third kappa shape index (κ3) is 5.17. The molecule has 0 aliphatic rings. The first-order valence-electron chi connectivity index (χ1n) is 7.20. The van der Waals surface area contributed by atoms with Crippen LogP contribution in [0.5, 0.6) is 5.75 Å². The molecule has 0 unspecified atom stereocenters. The number of ether oxygens (including phenoxy) is 1. The summed E-state index contributed by atoms with van der Waals surface area (Å²) in [6.45, 7) is 6.03. The Bertz CT molecular complexity index is 760. The molecule has 0 aliphatic carbocycles. The predicted molar refractivity (Wildman–Crippen MR) is 96.8 cm³/mol. The number of anilines is 1. The summed E-state index contributed by atoms with van der Waals surface area (Å²) < 4.78 is 18.5. The van der Waals surface area contributed by atoms with Crippen LogP contribution >= 0.6 is 12.2 Å². The van der Waals surface area contributed by atoms with Crippen LogP contribution in [-0.2, 0) is 0 Å².